The molecule has 0 aliphatic heterocycles. The summed E-state index contributed by atoms with van der Waals surface area (Å²) in [5, 5.41) is 8.66. The molecule has 0 N–H and O–H groups in total. The molecule has 200 valence electrons. The lowest BCUT2D eigenvalue weighted by molar-refractivity contribution is 0.512. The number of halogens is 1. The molecule has 1 aromatic heterocycles. The summed E-state index contributed by atoms with van der Waals surface area (Å²) in [7, 11) is -0.847. The number of nitrogens with zero attached hydrogens (tertiary/aromatic N) is 2. The van der Waals surface area contributed by atoms with E-state index < -0.39 is 8.32 Å². The molecular weight excluding hydrogens is 499 g/mol. The highest BCUT2D eigenvalue weighted by Gasteiger charge is 2.52. The van der Waals surface area contributed by atoms with Gasteiger partial charge in [0.15, 0.2) is 0 Å². The molecule has 39 heavy (non-hydrogen) atoms. The third kappa shape index (κ3) is 5.28. The molecule has 0 atom stereocenters. The minimum absolute atomic E-state index is 0.177. The van der Waals surface area contributed by atoms with Gasteiger partial charge in [0.1, 0.15) is 11.6 Å². The largest absolute Gasteiger partial charge is 0.534 e. The van der Waals surface area contributed by atoms with Crippen molar-refractivity contribution in [2.24, 2.45) is 7.05 Å². The second-order valence-electron chi connectivity index (χ2n) is 11.3. The van der Waals surface area contributed by atoms with Crippen molar-refractivity contribution in [1.82, 2.24) is 9.78 Å². The van der Waals surface area contributed by atoms with Crippen molar-refractivity contribution in [3.63, 3.8) is 0 Å². The predicted molar refractivity (Wildman–Crippen MR) is 162 cm³/mol. The fraction of sp³-hybridized carbons (Fsp3) is 0.265. The van der Waals surface area contributed by atoms with E-state index in [9.17, 15) is 4.39 Å². The van der Waals surface area contributed by atoms with Crippen molar-refractivity contribution in [3.8, 4) is 5.75 Å². The lowest BCUT2D eigenvalue weighted by Crippen LogP contribution is -2.68. The van der Waals surface area contributed by atoms with Gasteiger partial charge in [0.05, 0.1) is 5.69 Å². The van der Waals surface area contributed by atoms with E-state index in [1.165, 1.54) is 22.1 Å². The quantitative estimate of drug-likeness (QED) is 0.200. The summed E-state index contributed by atoms with van der Waals surface area (Å²) in [6.45, 7) is 8.95. The van der Waals surface area contributed by atoms with Crippen molar-refractivity contribution >= 4 is 29.5 Å². The number of aryl methyl sites for hydroxylation is 4. The Bertz CT molecular complexity index is 1530. The van der Waals surface area contributed by atoms with Crippen LogP contribution in [0.4, 0.5) is 4.39 Å². The van der Waals surface area contributed by atoms with E-state index >= 15 is 0 Å². The predicted octanol–water partition coefficient (Wildman–Crippen LogP) is 7.00. The number of hydrogen-bond acceptors (Lipinski definition) is 2. The first-order valence-electron chi connectivity index (χ1n) is 13.8. The van der Waals surface area contributed by atoms with Gasteiger partial charge in [0, 0.05) is 18.1 Å². The highest BCUT2D eigenvalue weighted by Crippen LogP contribution is 2.40. The molecule has 0 bridgehead atoms. The maximum atomic E-state index is 14.5. The Hall–Kier alpha value is -3.70. The molecular formula is C34H37FN2OSi. The van der Waals surface area contributed by atoms with Gasteiger partial charge < -0.3 is 4.43 Å². The second-order valence-corrected chi connectivity index (χ2v) is 15.6. The lowest BCUT2D eigenvalue weighted by atomic mass is 10.0. The average Bonchev–Trinajstić information content (AvgIpc) is 3.30. The van der Waals surface area contributed by atoms with Gasteiger partial charge >= 0.3 is 8.32 Å². The number of fused-ring (bicyclic) bond motifs is 1. The van der Waals surface area contributed by atoms with E-state index in [2.05, 4.69) is 112 Å². The molecule has 0 radical (unpaired) electrons. The highest BCUT2D eigenvalue weighted by molar-refractivity contribution is 7.00. The first-order valence-corrected chi connectivity index (χ1v) is 15.7. The van der Waals surface area contributed by atoms with E-state index in [4.69, 9.17) is 4.43 Å². The van der Waals surface area contributed by atoms with Crippen LogP contribution in [0, 0.1) is 5.82 Å². The van der Waals surface area contributed by atoms with Gasteiger partial charge in [0.25, 0.3) is 0 Å². The Morgan fingerprint density at radius 3 is 2.03 bits per heavy atom. The lowest BCUT2D eigenvalue weighted by Gasteiger charge is -2.43. The Balaban J connectivity index is 1.66. The molecule has 1 heterocycles. The van der Waals surface area contributed by atoms with Crippen LogP contribution >= 0.6 is 0 Å². The van der Waals surface area contributed by atoms with Crippen LogP contribution < -0.4 is 14.8 Å². The number of rotatable bonds is 8. The van der Waals surface area contributed by atoms with Crippen molar-refractivity contribution in [3.05, 3.63) is 120 Å². The van der Waals surface area contributed by atoms with Crippen molar-refractivity contribution in [2.45, 2.75) is 52.0 Å². The van der Waals surface area contributed by atoms with Crippen molar-refractivity contribution in [2.75, 3.05) is 0 Å². The third-order valence-corrected chi connectivity index (χ3v) is 12.6. The minimum Gasteiger partial charge on any atom is -0.534 e. The fourth-order valence-corrected chi connectivity index (χ4v) is 10.1. The first-order chi connectivity index (χ1) is 18.7. The molecule has 0 aliphatic rings. The number of aromatic nitrogens is 2. The third-order valence-electron chi connectivity index (χ3n) is 7.68. The molecule has 5 aromatic rings. The van der Waals surface area contributed by atoms with Gasteiger partial charge in [-0.15, -0.1) is 0 Å². The summed E-state index contributed by atoms with van der Waals surface area (Å²) in [4.78, 5) is 0. The van der Waals surface area contributed by atoms with Crippen molar-refractivity contribution in [1.29, 1.82) is 0 Å². The van der Waals surface area contributed by atoms with Gasteiger partial charge in [-0.25, -0.2) is 4.39 Å². The van der Waals surface area contributed by atoms with Crippen LogP contribution in [0.15, 0.2) is 97.1 Å². The molecule has 0 aliphatic carbocycles. The van der Waals surface area contributed by atoms with E-state index in [-0.39, 0.29) is 10.9 Å². The summed E-state index contributed by atoms with van der Waals surface area (Å²) in [5.74, 6) is 0.575. The zero-order valence-electron chi connectivity index (χ0n) is 23.5. The van der Waals surface area contributed by atoms with Gasteiger partial charge in [0.2, 0.25) is 0 Å². The molecule has 0 spiro atoms. The Morgan fingerprint density at radius 2 is 1.46 bits per heavy atom. The SMILES string of the molecule is CCc1cc(CCc2cc(O[Si](c3ccccc3)(c3ccccc3)C(C)(C)C)c3ccc(F)cc3c2)n(C)n1. The summed E-state index contributed by atoms with van der Waals surface area (Å²) in [6.07, 6.45) is 2.58. The molecule has 0 unspecified atom stereocenters. The normalized spacial score (nSPS) is 12.2. The molecule has 3 nitrogen and oxygen atoms in total. The minimum atomic E-state index is -2.85. The Kier molecular flexibility index (Phi) is 7.46. The van der Waals surface area contributed by atoms with Crippen LogP contribution in [0.25, 0.3) is 10.8 Å². The highest BCUT2D eigenvalue weighted by atomic mass is 28.4. The van der Waals surface area contributed by atoms with Gasteiger partial charge in [-0.3, -0.25) is 4.68 Å². The maximum absolute atomic E-state index is 14.5. The molecule has 0 saturated heterocycles. The first kappa shape index (κ1) is 26.9. The Morgan fingerprint density at radius 1 is 0.821 bits per heavy atom. The zero-order valence-corrected chi connectivity index (χ0v) is 24.5. The molecule has 5 heteroatoms. The van der Waals surface area contributed by atoms with E-state index in [0.29, 0.717) is 0 Å². The summed E-state index contributed by atoms with van der Waals surface area (Å²) in [5.41, 5.74) is 3.42. The van der Waals surface area contributed by atoms with Crippen molar-refractivity contribution < 1.29 is 8.82 Å². The van der Waals surface area contributed by atoms with Gasteiger partial charge in [-0.05, 0) is 76.0 Å². The smallest absolute Gasteiger partial charge is 0.319 e. The van der Waals surface area contributed by atoms with E-state index in [1.54, 1.807) is 6.07 Å². The standard InChI is InChI=1S/C34H37FN2OSi/c1-6-28-24-29(37(5)36-28)19-17-25-21-26-23-27(35)18-20-32(26)33(22-25)38-39(34(2,3)4,30-13-9-7-10-14-30)31-15-11-8-12-16-31/h7-16,18,20-24H,6,17,19H2,1-5H3. The average molecular weight is 537 g/mol. The Labute approximate surface area is 232 Å². The van der Waals surface area contributed by atoms with Crippen LogP contribution in [0.2, 0.25) is 5.04 Å². The number of benzene rings is 4. The van der Waals surface area contributed by atoms with Gasteiger partial charge in [-0.2, -0.15) is 5.10 Å². The topological polar surface area (TPSA) is 27.1 Å². The summed E-state index contributed by atoms with van der Waals surface area (Å²) >= 11 is 0. The van der Waals surface area contributed by atoms with Crippen LogP contribution in [-0.2, 0) is 26.3 Å². The maximum Gasteiger partial charge on any atom is 0.319 e. The van der Waals surface area contributed by atoms with Crippen LogP contribution in [0.3, 0.4) is 0 Å². The van der Waals surface area contributed by atoms with E-state index in [0.717, 1.165) is 47.0 Å². The van der Waals surface area contributed by atoms with E-state index in [1.807, 2.05) is 17.8 Å². The molecule has 0 amide bonds. The molecule has 4 aromatic carbocycles. The molecule has 5 rings (SSSR count). The van der Waals surface area contributed by atoms with Crippen LogP contribution in [0.5, 0.6) is 5.75 Å². The monoisotopic (exact) mass is 536 g/mol. The fourth-order valence-electron chi connectivity index (χ4n) is 5.66. The van der Waals surface area contributed by atoms with Gasteiger partial charge in [-0.1, -0.05) is 94.4 Å². The summed E-state index contributed by atoms with van der Waals surface area (Å²) in [6, 6.07) is 32.8. The summed E-state index contributed by atoms with van der Waals surface area (Å²) < 4.78 is 23.9. The zero-order chi connectivity index (χ0) is 27.6. The van der Waals surface area contributed by atoms with Crippen LogP contribution in [-0.4, -0.2) is 18.1 Å². The molecule has 0 fully saturated rings. The van der Waals surface area contributed by atoms with Crippen LogP contribution in [0.1, 0.15) is 44.6 Å². The second kappa shape index (κ2) is 10.8. The molecule has 0 saturated carbocycles. The number of hydrogen-bond donors (Lipinski definition) is 0.